The largest absolute Gasteiger partial charge is 0.396 e. The molecule has 0 fully saturated rings. The molecule has 0 spiro atoms. The number of aliphatic hydroxyl groups is 1. The van der Waals surface area contributed by atoms with Crippen molar-refractivity contribution in [3.05, 3.63) is 22.4 Å². The summed E-state index contributed by atoms with van der Waals surface area (Å²) in [6, 6.07) is 3.88. The topological polar surface area (TPSA) is 61.4 Å². The van der Waals surface area contributed by atoms with Crippen molar-refractivity contribution < 1.29 is 9.90 Å². The molecule has 2 atom stereocenters. The molecule has 1 heterocycles. The van der Waals surface area contributed by atoms with Crippen LogP contribution in [-0.4, -0.2) is 23.8 Å². The van der Waals surface area contributed by atoms with E-state index in [1.807, 2.05) is 31.4 Å². The Bertz CT molecular complexity index is 327. The molecule has 0 saturated carbocycles. The van der Waals surface area contributed by atoms with Gasteiger partial charge in [0.15, 0.2) is 0 Å². The molecular weight excluding hydrogens is 236 g/mol. The summed E-state index contributed by atoms with van der Waals surface area (Å²) in [7, 11) is 0. The maximum Gasteiger partial charge on any atom is 0.315 e. The Morgan fingerprint density at radius 3 is 2.82 bits per heavy atom. The van der Waals surface area contributed by atoms with Gasteiger partial charge < -0.3 is 15.7 Å². The van der Waals surface area contributed by atoms with Gasteiger partial charge in [-0.05, 0) is 31.2 Å². The Labute approximate surface area is 106 Å². The maximum atomic E-state index is 11.7. The molecule has 4 nitrogen and oxygen atoms in total. The molecule has 5 heteroatoms. The van der Waals surface area contributed by atoms with Gasteiger partial charge in [0.1, 0.15) is 0 Å². The Balaban J connectivity index is 2.43. The van der Waals surface area contributed by atoms with Crippen molar-refractivity contribution in [2.24, 2.45) is 0 Å². The molecule has 3 N–H and O–H groups in total. The van der Waals surface area contributed by atoms with Crippen molar-refractivity contribution in [1.29, 1.82) is 0 Å². The highest BCUT2D eigenvalue weighted by molar-refractivity contribution is 7.10. The van der Waals surface area contributed by atoms with Gasteiger partial charge in [0.2, 0.25) is 0 Å². The molecule has 0 aliphatic heterocycles. The van der Waals surface area contributed by atoms with E-state index < -0.39 is 0 Å². The van der Waals surface area contributed by atoms with Crippen LogP contribution in [0.3, 0.4) is 0 Å². The van der Waals surface area contributed by atoms with Gasteiger partial charge in [0, 0.05) is 17.5 Å². The zero-order valence-corrected chi connectivity index (χ0v) is 11.1. The minimum atomic E-state index is -0.175. The zero-order chi connectivity index (χ0) is 12.7. The molecule has 96 valence electrons. The van der Waals surface area contributed by atoms with E-state index in [0.717, 1.165) is 11.3 Å². The number of hydrogen-bond donors (Lipinski definition) is 3. The molecule has 0 radical (unpaired) electrons. The van der Waals surface area contributed by atoms with Crippen LogP contribution in [0.15, 0.2) is 17.5 Å². The molecule has 0 bridgehead atoms. The minimum absolute atomic E-state index is 0.0131. The number of hydrogen-bond acceptors (Lipinski definition) is 3. The Morgan fingerprint density at radius 2 is 2.29 bits per heavy atom. The molecule has 0 saturated heterocycles. The third kappa shape index (κ3) is 4.75. The first-order chi connectivity index (χ1) is 8.17. The molecule has 17 heavy (non-hydrogen) atoms. The van der Waals surface area contributed by atoms with Gasteiger partial charge in [-0.15, -0.1) is 11.3 Å². The van der Waals surface area contributed by atoms with Gasteiger partial charge in [0.05, 0.1) is 6.04 Å². The SMILES string of the molecule is CCC(NC(=O)N[C@H](C)CCO)c1cccs1. The minimum Gasteiger partial charge on any atom is -0.396 e. The lowest BCUT2D eigenvalue weighted by molar-refractivity contribution is 0.227. The van der Waals surface area contributed by atoms with Gasteiger partial charge >= 0.3 is 6.03 Å². The average Bonchev–Trinajstić information content (AvgIpc) is 2.79. The summed E-state index contributed by atoms with van der Waals surface area (Å²) >= 11 is 1.64. The van der Waals surface area contributed by atoms with Gasteiger partial charge in [-0.2, -0.15) is 0 Å². The first-order valence-corrected chi connectivity index (χ1v) is 6.76. The first kappa shape index (κ1) is 14.0. The van der Waals surface area contributed by atoms with E-state index in [1.54, 1.807) is 11.3 Å². The average molecular weight is 256 g/mol. The molecule has 0 aliphatic carbocycles. The highest BCUT2D eigenvalue weighted by Crippen LogP contribution is 2.21. The number of thiophene rings is 1. The van der Waals surface area contributed by atoms with Crippen molar-refractivity contribution in [3.63, 3.8) is 0 Å². The van der Waals surface area contributed by atoms with Crippen molar-refractivity contribution in [3.8, 4) is 0 Å². The second-order valence-corrected chi connectivity index (χ2v) is 4.99. The van der Waals surface area contributed by atoms with Crippen LogP contribution in [0.4, 0.5) is 4.79 Å². The van der Waals surface area contributed by atoms with E-state index in [0.29, 0.717) is 6.42 Å². The Hall–Kier alpha value is -1.07. The number of carbonyl (C=O) groups excluding carboxylic acids is 1. The zero-order valence-electron chi connectivity index (χ0n) is 10.3. The van der Waals surface area contributed by atoms with E-state index in [1.165, 1.54) is 0 Å². The smallest absolute Gasteiger partial charge is 0.315 e. The molecule has 1 aromatic heterocycles. The van der Waals surface area contributed by atoms with Crippen molar-refractivity contribution in [1.82, 2.24) is 10.6 Å². The second kappa shape index (κ2) is 7.29. The van der Waals surface area contributed by atoms with E-state index in [2.05, 4.69) is 10.6 Å². The van der Waals surface area contributed by atoms with Crippen molar-refractivity contribution in [2.75, 3.05) is 6.61 Å². The fourth-order valence-electron chi connectivity index (χ4n) is 1.55. The summed E-state index contributed by atoms with van der Waals surface area (Å²) in [5, 5.41) is 16.5. The van der Waals surface area contributed by atoms with E-state index in [4.69, 9.17) is 5.11 Å². The fourth-order valence-corrected chi connectivity index (χ4v) is 2.41. The van der Waals surface area contributed by atoms with Crippen molar-refractivity contribution in [2.45, 2.75) is 38.8 Å². The fraction of sp³-hybridized carbons (Fsp3) is 0.583. The number of rotatable bonds is 6. The van der Waals surface area contributed by atoms with Crippen LogP contribution in [-0.2, 0) is 0 Å². The quantitative estimate of drug-likeness (QED) is 0.731. The van der Waals surface area contributed by atoms with Gasteiger partial charge in [-0.25, -0.2) is 4.79 Å². The van der Waals surface area contributed by atoms with Crippen LogP contribution < -0.4 is 10.6 Å². The van der Waals surface area contributed by atoms with Crippen LogP contribution >= 0.6 is 11.3 Å². The highest BCUT2D eigenvalue weighted by Gasteiger charge is 2.14. The lowest BCUT2D eigenvalue weighted by atomic mass is 10.2. The van der Waals surface area contributed by atoms with Gasteiger partial charge in [-0.1, -0.05) is 13.0 Å². The van der Waals surface area contributed by atoms with E-state index >= 15 is 0 Å². The van der Waals surface area contributed by atoms with E-state index in [9.17, 15) is 4.79 Å². The summed E-state index contributed by atoms with van der Waals surface area (Å²) in [5.74, 6) is 0. The number of urea groups is 1. The predicted octanol–water partition coefficient (Wildman–Crippen LogP) is 2.27. The molecule has 2 amide bonds. The molecular formula is C12H20N2O2S. The van der Waals surface area contributed by atoms with E-state index in [-0.39, 0.29) is 24.7 Å². The number of aliphatic hydroxyl groups excluding tert-OH is 1. The number of amides is 2. The monoisotopic (exact) mass is 256 g/mol. The highest BCUT2D eigenvalue weighted by atomic mass is 32.1. The third-order valence-corrected chi connectivity index (χ3v) is 3.53. The molecule has 1 rings (SSSR count). The van der Waals surface area contributed by atoms with Gasteiger partial charge in [0.25, 0.3) is 0 Å². The predicted molar refractivity (Wildman–Crippen MR) is 70.2 cm³/mol. The molecule has 1 unspecified atom stereocenters. The number of nitrogens with one attached hydrogen (secondary N) is 2. The number of carbonyl (C=O) groups is 1. The maximum absolute atomic E-state index is 11.7. The lowest BCUT2D eigenvalue weighted by Gasteiger charge is -2.18. The van der Waals surface area contributed by atoms with Crippen LogP contribution in [0.1, 0.15) is 37.6 Å². The van der Waals surface area contributed by atoms with Gasteiger partial charge in [-0.3, -0.25) is 0 Å². The summed E-state index contributed by atoms with van der Waals surface area (Å²) in [6.07, 6.45) is 1.44. The van der Waals surface area contributed by atoms with Crippen LogP contribution in [0.2, 0.25) is 0 Å². The van der Waals surface area contributed by atoms with Crippen molar-refractivity contribution >= 4 is 17.4 Å². The lowest BCUT2D eigenvalue weighted by Crippen LogP contribution is -2.42. The normalized spacial score (nSPS) is 14.1. The second-order valence-electron chi connectivity index (χ2n) is 4.01. The van der Waals surface area contributed by atoms with Crippen LogP contribution in [0, 0.1) is 0 Å². The molecule has 0 aromatic carbocycles. The molecule has 1 aromatic rings. The van der Waals surface area contributed by atoms with Crippen LogP contribution in [0.5, 0.6) is 0 Å². The standard InChI is InChI=1S/C12H20N2O2S/c1-3-10(11-5-4-8-17-11)14-12(16)13-9(2)6-7-15/h4-5,8-10,15H,3,6-7H2,1-2H3,(H2,13,14,16)/t9-,10?/m1/s1. The summed E-state index contributed by atoms with van der Waals surface area (Å²) in [6.45, 7) is 4.01. The summed E-state index contributed by atoms with van der Waals surface area (Å²) in [5.41, 5.74) is 0. The first-order valence-electron chi connectivity index (χ1n) is 5.88. The Morgan fingerprint density at radius 1 is 1.53 bits per heavy atom. The Kier molecular flexibility index (Phi) is 6.00. The summed E-state index contributed by atoms with van der Waals surface area (Å²) < 4.78 is 0. The third-order valence-electron chi connectivity index (χ3n) is 2.54. The summed E-state index contributed by atoms with van der Waals surface area (Å²) in [4.78, 5) is 12.9. The van der Waals surface area contributed by atoms with Crippen LogP contribution in [0.25, 0.3) is 0 Å². The molecule has 0 aliphatic rings.